The molecule has 0 amide bonds. The van der Waals surface area contributed by atoms with Gasteiger partial charge < -0.3 is 4.90 Å². The first-order valence-corrected chi connectivity index (χ1v) is 6.96. The number of anilines is 1. The van der Waals surface area contributed by atoms with Crippen LogP contribution in [-0.2, 0) is 6.54 Å². The topological polar surface area (TPSA) is 38.1 Å². The number of aromatic nitrogens is 2. The molecule has 0 unspecified atom stereocenters. The van der Waals surface area contributed by atoms with E-state index < -0.39 is 0 Å². The van der Waals surface area contributed by atoms with Gasteiger partial charge in [0.1, 0.15) is 0 Å². The Morgan fingerprint density at radius 3 is 2.84 bits per heavy atom. The zero-order chi connectivity index (χ0) is 13.7. The average Bonchev–Trinajstić information content (AvgIpc) is 2.42. The molecule has 4 heteroatoms. The monoisotopic (exact) mass is 259 g/mol. The molecule has 0 spiro atoms. The first-order chi connectivity index (χ1) is 9.20. The Morgan fingerprint density at radius 2 is 2.21 bits per heavy atom. The fourth-order valence-corrected chi connectivity index (χ4v) is 2.36. The molecule has 19 heavy (non-hydrogen) atoms. The van der Waals surface area contributed by atoms with E-state index in [2.05, 4.69) is 22.8 Å². The molecule has 0 aliphatic carbocycles. The Bertz CT molecular complexity index is 507. The van der Waals surface area contributed by atoms with E-state index >= 15 is 0 Å². The van der Waals surface area contributed by atoms with Crippen LogP contribution in [0.2, 0.25) is 0 Å². The fraction of sp³-hybridized carbons (Fsp3) is 0.600. The zero-order valence-corrected chi connectivity index (χ0v) is 11.5. The van der Waals surface area contributed by atoms with E-state index in [0.29, 0.717) is 13.0 Å². The Hall–Kier alpha value is -1.76. The summed E-state index contributed by atoms with van der Waals surface area (Å²) in [4.78, 5) is 14.2. The number of hydrogen-bond donors (Lipinski definition) is 0. The van der Waals surface area contributed by atoms with Gasteiger partial charge in [0.05, 0.1) is 11.9 Å². The van der Waals surface area contributed by atoms with Crippen LogP contribution < -0.4 is 10.5 Å². The van der Waals surface area contributed by atoms with Crippen LogP contribution in [0.25, 0.3) is 0 Å². The van der Waals surface area contributed by atoms with Gasteiger partial charge in [-0.3, -0.25) is 4.79 Å². The Kier molecular flexibility index (Phi) is 4.62. The minimum absolute atomic E-state index is 0.0341. The number of unbranched alkanes of at least 4 members (excludes halogenated alkanes) is 1. The number of aryl methyl sites for hydroxylation is 1. The van der Waals surface area contributed by atoms with Crippen molar-refractivity contribution < 1.29 is 0 Å². The number of piperidine rings is 1. The maximum Gasteiger partial charge on any atom is 0.268 e. The number of nitrogens with zero attached hydrogens (tertiary/aromatic N) is 3. The van der Waals surface area contributed by atoms with Crippen LogP contribution in [0.15, 0.2) is 17.1 Å². The fourth-order valence-electron chi connectivity index (χ4n) is 2.36. The summed E-state index contributed by atoms with van der Waals surface area (Å²) in [5, 5.41) is 4.24. The number of rotatable bonds is 4. The molecule has 4 nitrogen and oxygen atoms in total. The lowest BCUT2D eigenvalue weighted by molar-refractivity contribution is 0.437. The molecule has 0 aromatic carbocycles. The zero-order valence-electron chi connectivity index (χ0n) is 11.5. The molecule has 0 bridgehead atoms. The molecule has 1 aromatic heterocycles. The maximum absolute atomic E-state index is 12.0. The highest BCUT2D eigenvalue weighted by Crippen LogP contribution is 2.20. The van der Waals surface area contributed by atoms with Gasteiger partial charge in [0, 0.05) is 32.1 Å². The second kappa shape index (κ2) is 6.42. The van der Waals surface area contributed by atoms with Crippen molar-refractivity contribution in [3.05, 3.63) is 22.6 Å². The highest BCUT2D eigenvalue weighted by molar-refractivity contribution is 5.43. The number of terminal acetylenes is 1. The van der Waals surface area contributed by atoms with Gasteiger partial charge in [0.25, 0.3) is 5.56 Å². The van der Waals surface area contributed by atoms with E-state index in [-0.39, 0.29) is 5.56 Å². The van der Waals surface area contributed by atoms with E-state index in [1.54, 1.807) is 12.3 Å². The summed E-state index contributed by atoms with van der Waals surface area (Å²) in [5.74, 6) is 3.36. The third-order valence-electron chi connectivity index (χ3n) is 3.69. The SMILES string of the molecule is C#CCCCn1ncc(N2CCC(C)CC2)cc1=O. The van der Waals surface area contributed by atoms with Crippen molar-refractivity contribution in [1.29, 1.82) is 0 Å². The van der Waals surface area contributed by atoms with Gasteiger partial charge in [-0.2, -0.15) is 5.10 Å². The molecule has 1 aromatic rings. The Balaban J connectivity index is 2.02. The van der Waals surface area contributed by atoms with Crippen molar-refractivity contribution in [2.45, 2.75) is 39.2 Å². The van der Waals surface area contributed by atoms with Gasteiger partial charge in [-0.1, -0.05) is 6.92 Å². The highest BCUT2D eigenvalue weighted by atomic mass is 16.1. The summed E-state index contributed by atoms with van der Waals surface area (Å²) in [6, 6.07) is 1.69. The van der Waals surface area contributed by atoms with Crippen molar-refractivity contribution in [3.63, 3.8) is 0 Å². The molecular weight excluding hydrogens is 238 g/mol. The largest absolute Gasteiger partial charge is 0.370 e. The quantitative estimate of drug-likeness (QED) is 0.612. The molecule has 0 N–H and O–H groups in total. The Labute approximate surface area is 114 Å². The highest BCUT2D eigenvalue weighted by Gasteiger charge is 2.16. The second-order valence-electron chi connectivity index (χ2n) is 5.25. The number of hydrogen-bond acceptors (Lipinski definition) is 3. The lowest BCUT2D eigenvalue weighted by Crippen LogP contribution is -2.34. The molecule has 0 atom stereocenters. The lowest BCUT2D eigenvalue weighted by Gasteiger charge is -2.31. The molecule has 1 aliphatic rings. The lowest BCUT2D eigenvalue weighted by atomic mass is 9.99. The summed E-state index contributed by atoms with van der Waals surface area (Å²) in [6.07, 6.45) is 10.8. The van der Waals surface area contributed by atoms with Crippen LogP contribution in [0.4, 0.5) is 5.69 Å². The molecule has 2 rings (SSSR count). The summed E-state index contributed by atoms with van der Waals surface area (Å²) in [6.45, 7) is 4.91. The van der Waals surface area contributed by atoms with Gasteiger partial charge in [0.2, 0.25) is 0 Å². The van der Waals surface area contributed by atoms with E-state index in [1.807, 2.05) is 0 Å². The third kappa shape index (κ3) is 3.60. The van der Waals surface area contributed by atoms with Crippen LogP contribution >= 0.6 is 0 Å². The van der Waals surface area contributed by atoms with Crippen LogP contribution in [0.3, 0.4) is 0 Å². The summed E-state index contributed by atoms with van der Waals surface area (Å²) in [5.41, 5.74) is 0.915. The molecule has 1 fully saturated rings. The summed E-state index contributed by atoms with van der Waals surface area (Å²) in [7, 11) is 0. The first kappa shape index (κ1) is 13.7. The first-order valence-electron chi connectivity index (χ1n) is 6.96. The maximum atomic E-state index is 12.0. The predicted octanol–water partition coefficient (Wildman–Crippen LogP) is 1.89. The normalized spacial score (nSPS) is 16.3. The molecule has 102 valence electrons. The molecule has 0 saturated carbocycles. The van der Waals surface area contributed by atoms with Crippen molar-refractivity contribution in [2.75, 3.05) is 18.0 Å². The van der Waals surface area contributed by atoms with Crippen molar-refractivity contribution >= 4 is 5.69 Å². The van der Waals surface area contributed by atoms with Gasteiger partial charge in [-0.15, -0.1) is 12.3 Å². The molecular formula is C15H21N3O. The molecule has 1 aliphatic heterocycles. The van der Waals surface area contributed by atoms with Gasteiger partial charge >= 0.3 is 0 Å². The van der Waals surface area contributed by atoms with Crippen molar-refractivity contribution in [2.24, 2.45) is 5.92 Å². The van der Waals surface area contributed by atoms with Gasteiger partial charge in [0.15, 0.2) is 0 Å². The van der Waals surface area contributed by atoms with Crippen LogP contribution in [-0.4, -0.2) is 22.9 Å². The van der Waals surface area contributed by atoms with Crippen molar-refractivity contribution in [1.82, 2.24) is 9.78 Å². The smallest absolute Gasteiger partial charge is 0.268 e. The third-order valence-corrected chi connectivity index (χ3v) is 3.69. The van der Waals surface area contributed by atoms with Crippen LogP contribution in [0, 0.1) is 18.3 Å². The van der Waals surface area contributed by atoms with Crippen LogP contribution in [0.5, 0.6) is 0 Å². The summed E-state index contributed by atoms with van der Waals surface area (Å²) >= 11 is 0. The van der Waals surface area contributed by atoms with E-state index in [0.717, 1.165) is 31.1 Å². The minimum atomic E-state index is -0.0341. The average molecular weight is 259 g/mol. The minimum Gasteiger partial charge on any atom is -0.370 e. The van der Waals surface area contributed by atoms with E-state index in [1.165, 1.54) is 17.5 Å². The molecule has 1 saturated heterocycles. The standard InChI is InChI=1S/C15H21N3O/c1-3-4-5-8-18-15(19)11-14(12-16-18)17-9-6-13(2)7-10-17/h1,11-13H,4-10H2,2H3. The van der Waals surface area contributed by atoms with E-state index in [9.17, 15) is 4.79 Å². The van der Waals surface area contributed by atoms with Crippen molar-refractivity contribution in [3.8, 4) is 12.3 Å². The molecule has 2 heterocycles. The van der Waals surface area contributed by atoms with Gasteiger partial charge in [-0.25, -0.2) is 4.68 Å². The predicted molar refractivity (Wildman–Crippen MR) is 77.2 cm³/mol. The van der Waals surface area contributed by atoms with Crippen LogP contribution in [0.1, 0.15) is 32.6 Å². The van der Waals surface area contributed by atoms with Gasteiger partial charge in [-0.05, 0) is 25.2 Å². The van der Waals surface area contributed by atoms with E-state index in [4.69, 9.17) is 6.42 Å². The Morgan fingerprint density at radius 1 is 1.47 bits per heavy atom. The summed E-state index contributed by atoms with van der Waals surface area (Å²) < 4.78 is 1.49. The second-order valence-corrected chi connectivity index (χ2v) is 5.25. The molecule has 0 radical (unpaired) electrons.